The number of amides is 2. The van der Waals surface area contributed by atoms with Crippen LogP contribution in [0.3, 0.4) is 0 Å². The van der Waals surface area contributed by atoms with Crippen molar-refractivity contribution in [3.05, 3.63) is 59.3 Å². The number of rotatable bonds is 3. The molecule has 1 saturated heterocycles. The maximum absolute atomic E-state index is 13.2. The van der Waals surface area contributed by atoms with Crippen LogP contribution >= 0.6 is 0 Å². The largest absolute Gasteiger partial charge is 0.348 e. The summed E-state index contributed by atoms with van der Waals surface area (Å²) in [7, 11) is 0. The van der Waals surface area contributed by atoms with Gasteiger partial charge < -0.3 is 10.2 Å². The number of nitrogens with one attached hydrogen (secondary N) is 1. The molecule has 1 atom stereocenters. The van der Waals surface area contributed by atoms with Gasteiger partial charge in [0, 0.05) is 30.8 Å². The summed E-state index contributed by atoms with van der Waals surface area (Å²) in [6, 6.07) is 11.7. The molecule has 0 aliphatic carbocycles. The van der Waals surface area contributed by atoms with Crippen LogP contribution in [0.1, 0.15) is 52.5 Å². The highest BCUT2D eigenvalue weighted by Gasteiger charge is 2.26. The van der Waals surface area contributed by atoms with Crippen LogP contribution in [0.2, 0.25) is 0 Å². The Morgan fingerprint density at radius 3 is 3.03 bits per heavy atom. The van der Waals surface area contributed by atoms with Crippen molar-refractivity contribution in [2.45, 2.75) is 32.7 Å². The van der Waals surface area contributed by atoms with E-state index in [0.717, 1.165) is 48.3 Å². The molecule has 0 spiro atoms. The molecular weight excluding hydrogens is 364 g/mol. The van der Waals surface area contributed by atoms with E-state index < -0.39 is 0 Å². The van der Waals surface area contributed by atoms with Gasteiger partial charge in [-0.2, -0.15) is 5.10 Å². The Morgan fingerprint density at radius 1 is 1.28 bits per heavy atom. The van der Waals surface area contributed by atoms with Gasteiger partial charge in [0.15, 0.2) is 0 Å². The zero-order chi connectivity index (χ0) is 20.0. The van der Waals surface area contributed by atoms with Gasteiger partial charge in [0.1, 0.15) is 0 Å². The molecule has 1 aromatic carbocycles. The highest BCUT2D eigenvalue weighted by Crippen LogP contribution is 2.28. The number of pyridine rings is 1. The Kier molecular flexibility index (Phi) is 4.34. The quantitative estimate of drug-likeness (QED) is 0.747. The number of fused-ring (bicyclic) bond motifs is 2. The number of likely N-dealkylation sites (tertiary alicyclic amines) is 1. The molecule has 0 radical (unpaired) electrons. The van der Waals surface area contributed by atoms with Crippen LogP contribution in [0, 0.1) is 5.92 Å². The summed E-state index contributed by atoms with van der Waals surface area (Å²) in [5.74, 6) is 0.604. The lowest BCUT2D eigenvalue weighted by Crippen LogP contribution is -2.39. The number of piperidine rings is 1. The van der Waals surface area contributed by atoms with Gasteiger partial charge >= 0.3 is 0 Å². The van der Waals surface area contributed by atoms with Gasteiger partial charge in [0.2, 0.25) is 0 Å². The second-order valence-electron chi connectivity index (χ2n) is 7.99. The molecular formula is C23H24N4O2. The third-order valence-electron chi connectivity index (χ3n) is 6.25. The summed E-state index contributed by atoms with van der Waals surface area (Å²) in [5, 5.41) is 7.38. The SMILES string of the molecule is CCC1CCCN(C(=O)c2cnn3c(-c4ccc5c(c4)C(=O)NC5)cccc23)C1. The minimum Gasteiger partial charge on any atom is -0.348 e. The van der Waals surface area contributed by atoms with Gasteiger partial charge in [-0.25, -0.2) is 4.52 Å². The lowest BCUT2D eigenvalue weighted by Gasteiger charge is -2.32. The molecule has 2 amide bonds. The van der Waals surface area contributed by atoms with Crippen molar-refractivity contribution < 1.29 is 9.59 Å². The van der Waals surface area contributed by atoms with E-state index in [2.05, 4.69) is 17.3 Å². The molecule has 0 bridgehead atoms. The smallest absolute Gasteiger partial charge is 0.257 e. The predicted octanol–water partition coefficient (Wildman–Crippen LogP) is 3.51. The topological polar surface area (TPSA) is 66.7 Å². The lowest BCUT2D eigenvalue weighted by atomic mass is 9.95. The van der Waals surface area contributed by atoms with Gasteiger partial charge in [0.05, 0.1) is 23.0 Å². The first-order valence-corrected chi connectivity index (χ1v) is 10.3. The zero-order valence-electron chi connectivity index (χ0n) is 16.5. The maximum Gasteiger partial charge on any atom is 0.257 e. The van der Waals surface area contributed by atoms with Gasteiger partial charge in [-0.1, -0.05) is 31.5 Å². The monoisotopic (exact) mass is 388 g/mol. The fourth-order valence-corrected chi connectivity index (χ4v) is 4.52. The molecule has 29 heavy (non-hydrogen) atoms. The molecule has 6 heteroatoms. The molecule has 5 rings (SSSR count). The first kappa shape index (κ1) is 17.9. The van der Waals surface area contributed by atoms with E-state index in [-0.39, 0.29) is 11.8 Å². The Morgan fingerprint density at radius 2 is 2.17 bits per heavy atom. The number of aromatic nitrogens is 2. The number of carbonyl (C=O) groups excluding carboxylic acids is 2. The van der Waals surface area contributed by atoms with Gasteiger partial charge in [0.25, 0.3) is 11.8 Å². The van der Waals surface area contributed by atoms with Crippen LogP contribution in [-0.4, -0.2) is 39.4 Å². The van der Waals surface area contributed by atoms with Crippen LogP contribution in [0.15, 0.2) is 42.6 Å². The fraction of sp³-hybridized carbons (Fsp3) is 0.348. The van der Waals surface area contributed by atoms with Crippen LogP contribution in [0.25, 0.3) is 16.8 Å². The minimum absolute atomic E-state index is 0.0408. The predicted molar refractivity (Wildman–Crippen MR) is 111 cm³/mol. The van der Waals surface area contributed by atoms with E-state index in [1.54, 1.807) is 6.20 Å². The van der Waals surface area contributed by atoms with E-state index in [0.29, 0.717) is 23.6 Å². The number of hydrogen-bond acceptors (Lipinski definition) is 3. The molecule has 2 aliphatic rings. The summed E-state index contributed by atoms with van der Waals surface area (Å²) in [6.45, 7) is 4.41. The summed E-state index contributed by atoms with van der Waals surface area (Å²) < 4.78 is 1.81. The maximum atomic E-state index is 13.2. The molecule has 1 unspecified atom stereocenters. The second kappa shape index (κ2) is 7.03. The van der Waals surface area contributed by atoms with Crippen molar-refractivity contribution in [2.24, 2.45) is 5.92 Å². The highest BCUT2D eigenvalue weighted by atomic mass is 16.2. The van der Waals surface area contributed by atoms with Crippen molar-refractivity contribution in [1.29, 1.82) is 0 Å². The van der Waals surface area contributed by atoms with Crippen LogP contribution < -0.4 is 5.32 Å². The molecule has 4 heterocycles. The fourth-order valence-electron chi connectivity index (χ4n) is 4.52. The van der Waals surface area contributed by atoms with E-state index in [9.17, 15) is 9.59 Å². The Balaban J connectivity index is 1.53. The molecule has 1 N–H and O–H groups in total. The molecule has 0 saturated carbocycles. The normalized spacial score (nSPS) is 18.7. The zero-order valence-corrected chi connectivity index (χ0v) is 16.5. The van der Waals surface area contributed by atoms with E-state index in [4.69, 9.17) is 0 Å². The van der Waals surface area contributed by atoms with Crippen molar-refractivity contribution in [2.75, 3.05) is 13.1 Å². The average molecular weight is 388 g/mol. The summed E-state index contributed by atoms with van der Waals surface area (Å²) >= 11 is 0. The van der Waals surface area contributed by atoms with Gasteiger partial charge in [-0.15, -0.1) is 0 Å². The number of carbonyl (C=O) groups is 2. The number of benzene rings is 1. The summed E-state index contributed by atoms with van der Waals surface area (Å²) in [6.07, 6.45) is 5.04. The first-order chi connectivity index (χ1) is 14.2. The molecule has 2 aliphatic heterocycles. The summed E-state index contributed by atoms with van der Waals surface area (Å²) in [5.41, 5.74) is 4.95. The number of hydrogen-bond donors (Lipinski definition) is 1. The summed E-state index contributed by atoms with van der Waals surface area (Å²) in [4.78, 5) is 27.2. The average Bonchev–Trinajstić information content (AvgIpc) is 3.36. The third-order valence-corrected chi connectivity index (χ3v) is 6.25. The standard InChI is InChI=1S/C23H24N4O2/c1-2-15-5-4-10-26(14-15)23(29)19-13-25-27-20(6-3-7-21(19)27)16-8-9-17-12-24-22(28)18(17)11-16/h3,6-9,11,13,15H,2,4-5,10,12,14H2,1H3,(H,24,28). The molecule has 148 valence electrons. The number of nitrogens with zero attached hydrogens (tertiary/aromatic N) is 3. The minimum atomic E-state index is -0.0408. The van der Waals surface area contributed by atoms with Crippen LogP contribution in [0.5, 0.6) is 0 Å². The van der Waals surface area contributed by atoms with Crippen molar-refractivity contribution in [3.8, 4) is 11.3 Å². The first-order valence-electron chi connectivity index (χ1n) is 10.3. The lowest BCUT2D eigenvalue weighted by molar-refractivity contribution is 0.0673. The van der Waals surface area contributed by atoms with Gasteiger partial charge in [-0.3, -0.25) is 9.59 Å². The van der Waals surface area contributed by atoms with E-state index in [1.807, 2.05) is 45.8 Å². The molecule has 3 aromatic rings. The molecule has 1 fully saturated rings. The van der Waals surface area contributed by atoms with Crippen LogP contribution in [-0.2, 0) is 6.54 Å². The van der Waals surface area contributed by atoms with Crippen molar-refractivity contribution in [1.82, 2.24) is 19.8 Å². The Labute approximate surface area is 169 Å². The molecule has 6 nitrogen and oxygen atoms in total. The molecule has 2 aromatic heterocycles. The Bertz CT molecular complexity index is 1120. The van der Waals surface area contributed by atoms with Crippen molar-refractivity contribution in [3.63, 3.8) is 0 Å². The van der Waals surface area contributed by atoms with E-state index in [1.165, 1.54) is 6.42 Å². The van der Waals surface area contributed by atoms with Crippen LogP contribution in [0.4, 0.5) is 0 Å². The van der Waals surface area contributed by atoms with E-state index >= 15 is 0 Å². The van der Waals surface area contributed by atoms with Crippen molar-refractivity contribution >= 4 is 17.3 Å². The second-order valence-corrected chi connectivity index (χ2v) is 7.99. The van der Waals surface area contributed by atoms with Gasteiger partial charge in [-0.05, 0) is 42.5 Å². The Hall–Kier alpha value is -3.15. The third kappa shape index (κ3) is 2.99. The highest BCUT2D eigenvalue weighted by molar-refractivity contribution is 6.01.